The van der Waals surface area contributed by atoms with Crippen molar-refractivity contribution in [3.8, 4) is 0 Å². The Bertz CT molecular complexity index is 436. The van der Waals surface area contributed by atoms with Gasteiger partial charge in [-0.2, -0.15) is 0 Å². The van der Waals surface area contributed by atoms with Crippen molar-refractivity contribution >= 4 is 27.5 Å². The van der Waals surface area contributed by atoms with Crippen LogP contribution >= 0.6 is 27.5 Å². The highest BCUT2D eigenvalue weighted by Crippen LogP contribution is 2.27. The van der Waals surface area contributed by atoms with Crippen LogP contribution in [0.2, 0.25) is 5.02 Å². The molecule has 0 aromatic heterocycles. The van der Waals surface area contributed by atoms with E-state index in [2.05, 4.69) is 52.3 Å². The largest absolute Gasteiger partial charge is 0.0918 e. The van der Waals surface area contributed by atoms with E-state index >= 15 is 0 Å². The first-order valence-corrected chi connectivity index (χ1v) is 6.67. The molecule has 0 saturated heterocycles. The first kappa shape index (κ1) is 11.7. The smallest absolute Gasteiger partial charge is 0.0406 e. The van der Waals surface area contributed by atoms with Gasteiger partial charge < -0.3 is 0 Å². The minimum Gasteiger partial charge on any atom is -0.0918 e. The molecular weight excluding hydrogens is 284 g/mol. The molecule has 0 nitrogen and oxygen atoms in total. The third kappa shape index (κ3) is 2.66. The number of alkyl halides is 1. The molecule has 0 aliphatic carbocycles. The van der Waals surface area contributed by atoms with Crippen LogP contribution in [0.15, 0.2) is 54.6 Å². The second kappa shape index (κ2) is 5.51. The molecule has 0 aliphatic heterocycles. The summed E-state index contributed by atoms with van der Waals surface area (Å²) in [5, 5.41) is 1.70. The quantitative estimate of drug-likeness (QED) is 0.709. The van der Waals surface area contributed by atoms with E-state index in [0.717, 1.165) is 10.4 Å². The van der Waals surface area contributed by atoms with E-state index in [0.29, 0.717) is 5.92 Å². The summed E-state index contributed by atoms with van der Waals surface area (Å²) in [4.78, 5) is 0. The lowest BCUT2D eigenvalue weighted by molar-refractivity contribution is 0.945. The second-order valence-corrected chi connectivity index (χ2v) is 4.75. The average Bonchev–Trinajstić information content (AvgIpc) is 2.34. The zero-order chi connectivity index (χ0) is 11.4. The highest BCUT2D eigenvalue weighted by Gasteiger charge is 2.11. The standard InChI is InChI=1S/C14H12BrCl/c15-10-14(11-4-2-1-3-5-11)12-6-8-13(16)9-7-12/h1-9,14H,10H2/t14-/m0/s1. The molecule has 2 rings (SSSR count). The summed E-state index contributed by atoms with van der Waals surface area (Å²) >= 11 is 9.47. The zero-order valence-corrected chi connectivity index (χ0v) is 11.1. The molecule has 0 bridgehead atoms. The minimum absolute atomic E-state index is 0.387. The summed E-state index contributed by atoms with van der Waals surface area (Å²) in [6.07, 6.45) is 0. The van der Waals surface area contributed by atoms with Crippen molar-refractivity contribution in [2.75, 3.05) is 5.33 Å². The van der Waals surface area contributed by atoms with Crippen LogP contribution in [0.5, 0.6) is 0 Å². The van der Waals surface area contributed by atoms with Gasteiger partial charge in [-0.25, -0.2) is 0 Å². The van der Waals surface area contributed by atoms with Gasteiger partial charge in [0, 0.05) is 16.3 Å². The lowest BCUT2D eigenvalue weighted by atomic mass is 9.93. The lowest BCUT2D eigenvalue weighted by Gasteiger charge is -2.15. The van der Waals surface area contributed by atoms with Crippen molar-refractivity contribution in [2.45, 2.75) is 5.92 Å². The van der Waals surface area contributed by atoms with Crippen molar-refractivity contribution in [3.63, 3.8) is 0 Å². The van der Waals surface area contributed by atoms with Gasteiger partial charge in [-0.15, -0.1) is 0 Å². The molecule has 2 aromatic carbocycles. The molecule has 16 heavy (non-hydrogen) atoms. The predicted octanol–water partition coefficient (Wildman–Crippen LogP) is 4.87. The maximum atomic E-state index is 5.89. The number of rotatable bonds is 3. The van der Waals surface area contributed by atoms with Crippen molar-refractivity contribution in [1.82, 2.24) is 0 Å². The molecule has 0 radical (unpaired) electrons. The average molecular weight is 296 g/mol. The number of benzene rings is 2. The van der Waals surface area contributed by atoms with Gasteiger partial charge in [0.2, 0.25) is 0 Å². The monoisotopic (exact) mass is 294 g/mol. The maximum Gasteiger partial charge on any atom is 0.0406 e. The van der Waals surface area contributed by atoms with Gasteiger partial charge in [0.1, 0.15) is 0 Å². The number of hydrogen-bond acceptors (Lipinski definition) is 0. The Balaban J connectivity index is 2.33. The maximum absolute atomic E-state index is 5.89. The van der Waals surface area contributed by atoms with Gasteiger partial charge in [-0.3, -0.25) is 0 Å². The Morgan fingerprint density at radius 3 is 2.00 bits per heavy atom. The normalized spacial score (nSPS) is 12.4. The fourth-order valence-electron chi connectivity index (χ4n) is 1.75. The molecule has 0 unspecified atom stereocenters. The Hall–Kier alpha value is -0.790. The molecule has 82 valence electrons. The third-order valence-electron chi connectivity index (χ3n) is 2.63. The molecule has 0 amide bonds. The molecule has 0 heterocycles. The van der Waals surface area contributed by atoms with Gasteiger partial charge in [-0.1, -0.05) is 70.0 Å². The lowest BCUT2D eigenvalue weighted by Crippen LogP contribution is -2.01. The fraction of sp³-hybridized carbons (Fsp3) is 0.143. The second-order valence-electron chi connectivity index (χ2n) is 3.67. The van der Waals surface area contributed by atoms with Crippen LogP contribution in [-0.2, 0) is 0 Å². The fourth-order valence-corrected chi connectivity index (χ4v) is 2.62. The Morgan fingerprint density at radius 2 is 1.44 bits per heavy atom. The molecule has 2 aromatic rings. The minimum atomic E-state index is 0.387. The summed E-state index contributed by atoms with van der Waals surface area (Å²) in [5.74, 6) is 0.387. The molecule has 2 heteroatoms. The SMILES string of the molecule is Clc1ccc([C@@H](CBr)c2ccccc2)cc1. The highest BCUT2D eigenvalue weighted by molar-refractivity contribution is 9.09. The van der Waals surface area contributed by atoms with E-state index in [1.165, 1.54) is 11.1 Å². The van der Waals surface area contributed by atoms with Gasteiger partial charge in [0.05, 0.1) is 0 Å². The van der Waals surface area contributed by atoms with Crippen LogP contribution in [-0.4, -0.2) is 5.33 Å². The van der Waals surface area contributed by atoms with Crippen molar-refractivity contribution < 1.29 is 0 Å². The van der Waals surface area contributed by atoms with Crippen LogP contribution in [0.3, 0.4) is 0 Å². The Kier molecular flexibility index (Phi) is 4.03. The van der Waals surface area contributed by atoms with Crippen LogP contribution < -0.4 is 0 Å². The summed E-state index contributed by atoms with van der Waals surface area (Å²) in [6.45, 7) is 0. The molecule has 0 N–H and O–H groups in total. The molecule has 0 spiro atoms. The van der Waals surface area contributed by atoms with E-state index in [1.807, 2.05) is 18.2 Å². The summed E-state index contributed by atoms with van der Waals surface area (Å²) < 4.78 is 0. The van der Waals surface area contributed by atoms with E-state index in [-0.39, 0.29) is 0 Å². The summed E-state index contributed by atoms with van der Waals surface area (Å²) in [7, 11) is 0. The van der Waals surface area contributed by atoms with Crippen LogP contribution in [0.1, 0.15) is 17.0 Å². The molecule has 0 aliphatic rings. The predicted molar refractivity (Wildman–Crippen MR) is 73.5 cm³/mol. The van der Waals surface area contributed by atoms with E-state index < -0.39 is 0 Å². The zero-order valence-electron chi connectivity index (χ0n) is 8.74. The van der Waals surface area contributed by atoms with Crippen molar-refractivity contribution in [3.05, 3.63) is 70.7 Å². The van der Waals surface area contributed by atoms with Crippen molar-refractivity contribution in [2.24, 2.45) is 0 Å². The van der Waals surface area contributed by atoms with E-state index in [9.17, 15) is 0 Å². The third-order valence-corrected chi connectivity index (χ3v) is 3.53. The van der Waals surface area contributed by atoms with Gasteiger partial charge in [0.15, 0.2) is 0 Å². The van der Waals surface area contributed by atoms with E-state index in [4.69, 9.17) is 11.6 Å². The molecule has 0 saturated carbocycles. The number of halogens is 2. The summed E-state index contributed by atoms with van der Waals surface area (Å²) in [6, 6.07) is 18.5. The van der Waals surface area contributed by atoms with Crippen LogP contribution in [0.25, 0.3) is 0 Å². The van der Waals surface area contributed by atoms with Gasteiger partial charge >= 0.3 is 0 Å². The Labute approximate surface area is 109 Å². The number of hydrogen-bond donors (Lipinski definition) is 0. The van der Waals surface area contributed by atoms with Crippen LogP contribution in [0, 0.1) is 0 Å². The molecule has 1 atom stereocenters. The Morgan fingerprint density at radius 1 is 0.875 bits per heavy atom. The van der Waals surface area contributed by atoms with Crippen molar-refractivity contribution in [1.29, 1.82) is 0 Å². The first-order chi connectivity index (χ1) is 7.81. The highest BCUT2D eigenvalue weighted by atomic mass is 79.9. The van der Waals surface area contributed by atoms with Crippen LogP contribution in [0.4, 0.5) is 0 Å². The topological polar surface area (TPSA) is 0 Å². The first-order valence-electron chi connectivity index (χ1n) is 5.17. The van der Waals surface area contributed by atoms with Gasteiger partial charge in [0.25, 0.3) is 0 Å². The summed E-state index contributed by atoms with van der Waals surface area (Å²) in [5.41, 5.74) is 2.61. The molecular formula is C14H12BrCl. The van der Waals surface area contributed by atoms with Gasteiger partial charge in [-0.05, 0) is 23.3 Å². The van der Waals surface area contributed by atoms with E-state index in [1.54, 1.807) is 0 Å². The molecule has 0 fully saturated rings.